The molecule has 0 aliphatic heterocycles. The average Bonchev–Trinajstić information content (AvgIpc) is 1.89. The Balaban J connectivity index is 2.38. The maximum Gasteiger partial charge on any atom is 0.107 e. The van der Waals surface area contributed by atoms with Crippen molar-refractivity contribution in [3.8, 4) is 0 Å². The molecule has 0 unspecified atom stereocenters. The summed E-state index contributed by atoms with van der Waals surface area (Å²) >= 11 is 0. The van der Waals surface area contributed by atoms with Gasteiger partial charge < -0.3 is 5.73 Å². The Morgan fingerprint density at radius 1 is 1.33 bits per heavy atom. The van der Waals surface area contributed by atoms with Gasteiger partial charge in [0.1, 0.15) is 6.04 Å². The second-order valence-corrected chi connectivity index (χ2v) is 2.62. The summed E-state index contributed by atoms with van der Waals surface area (Å²) in [5.74, 6) is 0. The predicted octanol–water partition coefficient (Wildman–Crippen LogP) is 1.02. The highest BCUT2D eigenvalue weighted by Crippen LogP contribution is 2.18. The fraction of sp³-hybridized carbons (Fsp3) is 1.00. The Kier molecular flexibility index (Phi) is 2.16. The van der Waals surface area contributed by atoms with E-state index in [1.165, 1.54) is 0 Å². The summed E-state index contributed by atoms with van der Waals surface area (Å²) < 4.78 is 0. The number of nitroso groups, excluding NO2 is 1. The van der Waals surface area contributed by atoms with Crippen LogP contribution in [0.1, 0.15) is 25.7 Å². The van der Waals surface area contributed by atoms with Crippen LogP contribution in [0, 0.1) is 4.91 Å². The maximum absolute atomic E-state index is 10.0. The Morgan fingerprint density at radius 2 is 2.00 bits per heavy atom. The lowest BCUT2D eigenvalue weighted by Gasteiger charge is -2.21. The zero-order valence-electron chi connectivity index (χ0n) is 5.42. The maximum atomic E-state index is 10.0. The molecule has 0 aromatic heterocycles. The monoisotopic (exact) mass is 128 g/mol. The van der Waals surface area contributed by atoms with Crippen LogP contribution in [0.25, 0.3) is 0 Å². The Hall–Kier alpha value is -0.440. The largest absolute Gasteiger partial charge is 0.326 e. The fourth-order valence-electron chi connectivity index (χ4n) is 1.27. The molecular weight excluding hydrogens is 116 g/mol. The van der Waals surface area contributed by atoms with Crippen molar-refractivity contribution in [3.63, 3.8) is 0 Å². The first-order valence-corrected chi connectivity index (χ1v) is 3.42. The lowest BCUT2D eigenvalue weighted by Crippen LogP contribution is -2.35. The van der Waals surface area contributed by atoms with Gasteiger partial charge in [0.25, 0.3) is 0 Å². The van der Waals surface area contributed by atoms with Gasteiger partial charge in [-0.05, 0) is 12.8 Å². The van der Waals surface area contributed by atoms with E-state index < -0.39 is 0 Å². The van der Waals surface area contributed by atoms with Crippen LogP contribution < -0.4 is 5.73 Å². The molecular formula is C6H12N2O. The zero-order chi connectivity index (χ0) is 6.69. The number of nitrogens with zero attached hydrogens (tertiary/aromatic N) is 1. The molecule has 9 heavy (non-hydrogen) atoms. The van der Waals surface area contributed by atoms with Gasteiger partial charge in [-0.3, -0.25) is 0 Å². The average molecular weight is 128 g/mol. The second kappa shape index (κ2) is 2.92. The fourth-order valence-corrected chi connectivity index (χ4v) is 1.27. The molecule has 0 spiro atoms. The van der Waals surface area contributed by atoms with E-state index in [1.807, 2.05) is 0 Å². The number of hydrogen-bond donors (Lipinski definition) is 1. The van der Waals surface area contributed by atoms with Gasteiger partial charge in [0.15, 0.2) is 0 Å². The molecule has 3 nitrogen and oxygen atoms in total. The topological polar surface area (TPSA) is 55.4 Å². The van der Waals surface area contributed by atoms with E-state index in [0.29, 0.717) is 0 Å². The van der Waals surface area contributed by atoms with E-state index in [9.17, 15) is 4.91 Å². The van der Waals surface area contributed by atoms with E-state index >= 15 is 0 Å². The third kappa shape index (κ3) is 1.48. The molecule has 1 saturated carbocycles. The molecule has 0 heterocycles. The molecule has 1 rings (SSSR count). The van der Waals surface area contributed by atoms with Crippen molar-refractivity contribution < 1.29 is 0 Å². The molecule has 3 heteroatoms. The van der Waals surface area contributed by atoms with Gasteiger partial charge in [0, 0.05) is 6.04 Å². The molecule has 1 aliphatic rings. The summed E-state index contributed by atoms with van der Waals surface area (Å²) in [6.07, 6.45) is 4.14. The first-order chi connectivity index (χ1) is 4.34. The Labute approximate surface area is 54.6 Å². The zero-order valence-corrected chi connectivity index (χ0v) is 5.42. The van der Waals surface area contributed by atoms with Gasteiger partial charge in [-0.2, -0.15) is 4.91 Å². The molecule has 2 N–H and O–H groups in total. The van der Waals surface area contributed by atoms with Crippen molar-refractivity contribution in [2.75, 3.05) is 0 Å². The van der Waals surface area contributed by atoms with E-state index in [0.717, 1.165) is 25.7 Å². The Morgan fingerprint density at radius 3 is 2.44 bits per heavy atom. The van der Waals surface area contributed by atoms with Crippen molar-refractivity contribution in [2.24, 2.45) is 10.9 Å². The smallest absolute Gasteiger partial charge is 0.107 e. The number of hydrogen-bond acceptors (Lipinski definition) is 3. The molecule has 0 radical (unpaired) electrons. The summed E-state index contributed by atoms with van der Waals surface area (Å²) in [4.78, 5) is 10.0. The van der Waals surface area contributed by atoms with Crippen molar-refractivity contribution in [1.29, 1.82) is 0 Å². The summed E-state index contributed by atoms with van der Waals surface area (Å²) in [5, 5.41) is 2.95. The predicted molar refractivity (Wildman–Crippen MR) is 36.0 cm³/mol. The van der Waals surface area contributed by atoms with Crippen LogP contribution in [0.4, 0.5) is 0 Å². The minimum absolute atomic E-state index is 0.0382. The normalized spacial score (nSPS) is 36.1. The number of nitrogens with two attached hydrogens (primary N) is 1. The van der Waals surface area contributed by atoms with Crippen LogP contribution in [-0.4, -0.2) is 12.1 Å². The highest BCUT2D eigenvalue weighted by atomic mass is 16.3. The van der Waals surface area contributed by atoms with Crippen molar-refractivity contribution >= 4 is 0 Å². The van der Waals surface area contributed by atoms with Gasteiger partial charge in [0.2, 0.25) is 0 Å². The van der Waals surface area contributed by atoms with Gasteiger partial charge >= 0.3 is 0 Å². The third-order valence-electron chi connectivity index (χ3n) is 1.92. The molecule has 0 bridgehead atoms. The Bertz CT molecular complexity index is 105. The molecule has 0 amide bonds. The quantitative estimate of drug-likeness (QED) is 0.536. The van der Waals surface area contributed by atoms with Crippen LogP contribution in [0.5, 0.6) is 0 Å². The van der Waals surface area contributed by atoms with Crippen LogP contribution in [-0.2, 0) is 0 Å². The molecule has 0 aromatic rings. The lowest BCUT2D eigenvalue weighted by atomic mass is 9.92. The SMILES string of the molecule is N[C@@H]1CCCC[C@H]1N=O. The van der Waals surface area contributed by atoms with Gasteiger partial charge in [-0.25, -0.2) is 0 Å². The van der Waals surface area contributed by atoms with E-state index in [4.69, 9.17) is 5.73 Å². The minimum atomic E-state index is -0.0984. The molecule has 2 atom stereocenters. The second-order valence-electron chi connectivity index (χ2n) is 2.62. The van der Waals surface area contributed by atoms with Crippen LogP contribution in [0.3, 0.4) is 0 Å². The summed E-state index contributed by atoms with van der Waals surface area (Å²) in [5.41, 5.74) is 5.60. The standard InChI is InChI=1S/C6H12N2O/c7-5-3-1-2-4-6(5)8-9/h5-6H,1-4,7H2/t5-,6-/m1/s1. The van der Waals surface area contributed by atoms with Crippen LogP contribution >= 0.6 is 0 Å². The first-order valence-electron chi connectivity index (χ1n) is 3.42. The molecule has 52 valence electrons. The molecule has 1 fully saturated rings. The number of rotatable bonds is 1. The summed E-state index contributed by atoms with van der Waals surface area (Å²) in [7, 11) is 0. The highest BCUT2D eigenvalue weighted by molar-refractivity contribution is 4.82. The van der Waals surface area contributed by atoms with Gasteiger partial charge in [-0.15, -0.1) is 0 Å². The third-order valence-corrected chi connectivity index (χ3v) is 1.92. The van der Waals surface area contributed by atoms with Gasteiger partial charge in [-0.1, -0.05) is 18.0 Å². The molecule has 0 saturated heterocycles. The van der Waals surface area contributed by atoms with E-state index in [-0.39, 0.29) is 12.1 Å². The van der Waals surface area contributed by atoms with E-state index in [1.54, 1.807) is 0 Å². The summed E-state index contributed by atoms with van der Waals surface area (Å²) in [6, 6.07) is -0.0602. The van der Waals surface area contributed by atoms with Crippen LogP contribution in [0.15, 0.2) is 5.18 Å². The summed E-state index contributed by atoms with van der Waals surface area (Å²) in [6.45, 7) is 0. The highest BCUT2D eigenvalue weighted by Gasteiger charge is 2.21. The van der Waals surface area contributed by atoms with Crippen molar-refractivity contribution in [2.45, 2.75) is 37.8 Å². The van der Waals surface area contributed by atoms with Crippen LogP contribution in [0.2, 0.25) is 0 Å². The lowest BCUT2D eigenvalue weighted by molar-refractivity contribution is 0.384. The van der Waals surface area contributed by atoms with E-state index in [2.05, 4.69) is 5.18 Å². The minimum Gasteiger partial charge on any atom is -0.326 e. The first kappa shape index (κ1) is 6.68. The molecule has 0 aromatic carbocycles. The van der Waals surface area contributed by atoms with Gasteiger partial charge in [0.05, 0.1) is 0 Å². The van der Waals surface area contributed by atoms with Crippen molar-refractivity contribution in [3.05, 3.63) is 4.91 Å². The van der Waals surface area contributed by atoms with Crippen molar-refractivity contribution in [1.82, 2.24) is 0 Å². The molecule has 1 aliphatic carbocycles.